The molecule has 0 aliphatic rings. The van der Waals surface area contributed by atoms with Crippen LogP contribution < -0.4 is 4.72 Å². The second-order valence-corrected chi connectivity index (χ2v) is 7.85. The summed E-state index contributed by atoms with van der Waals surface area (Å²) in [6, 6.07) is 4.48. The normalized spacial score (nSPS) is 13.6. The monoisotopic (exact) mass is 318 g/mol. The van der Waals surface area contributed by atoms with Crippen LogP contribution in [0.2, 0.25) is 0 Å². The topological polar surface area (TPSA) is 110 Å². The van der Waals surface area contributed by atoms with Crippen molar-refractivity contribution in [1.29, 1.82) is 0 Å². The molecule has 20 heavy (non-hydrogen) atoms. The summed E-state index contributed by atoms with van der Waals surface area (Å²) in [5.74, 6) is 0. The Kier molecular flexibility index (Phi) is 4.82. The minimum absolute atomic E-state index is 0.00844. The zero-order chi connectivity index (χ0) is 15.6. The Morgan fingerprint density at radius 3 is 2.25 bits per heavy atom. The molecule has 1 rings (SSSR count). The molecular weight excluding hydrogens is 304 g/mol. The Morgan fingerprint density at radius 1 is 1.15 bits per heavy atom. The van der Waals surface area contributed by atoms with Crippen molar-refractivity contribution >= 4 is 26.1 Å². The van der Waals surface area contributed by atoms with Gasteiger partial charge in [0.15, 0.2) is 9.84 Å². The lowest BCUT2D eigenvalue weighted by Crippen LogP contribution is -2.37. The van der Waals surface area contributed by atoms with Gasteiger partial charge < -0.3 is 0 Å². The fourth-order valence-corrected chi connectivity index (χ4v) is 3.89. The standard InChI is InChI=1S/C11H14N2O5S2/c1-8-4-5-11(6-9(8)2)19(15,16)10(3)13-20(17,18)12-7-14/h4-6,10,13H,1-3H3. The Bertz CT molecular complexity index is 762. The lowest BCUT2D eigenvalue weighted by molar-refractivity contribution is 0.554. The summed E-state index contributed by atoms with van der Waals surface area (Å²) in [5, 5.41) is -1.45. The molecule has 1 aromatic rings. The van der Waals surface area contributed by atoms with Crippen molar-refractivity contribution in [2.75, 3.05) is 0 Å². The summed E-state index contributed by atoms with van der Waals surface area (Å²) in [6.07, 6.45) is 0.851. The van der Waals surface area contributed by atoms with Crippen LogP contribution in [0.15, 0.2) is 27.5 Å². The molecule has 0 saturated carbocycles. The first-order valence-electron chi connectivity index (χ1n) is 5.52. The van der Waals surface area contributed by atoms with Crippen LogP contribution in [-0.4, -0.2) is 28.3 Å². The van der Waals surface area contributed by atoms with E-state index in [-0.39, 0.29) is 4.90 Å². The van der Waals surface area contributed by atoms with Gasteiger partial charge in [0.25, 0.3) is 6.08 Å². The van der Waals surface area contributed by atoms with E-state index in [2.05, 4.69) is 4.40 Å². The SMILES string of the molecule is Cc1ccc(S(=O)(=O)C(C)NS(=O)(=O)N=C=O)cc1C. The maximum absolute atomic E-state index is 12.2. The number of sulfone groups is 1. The zero-order valence-corrected chi connectivity index (χ0v) is 12.7. The number of hydrogen-bond donors (Lipinski definition) is 1. The third-order valence-corrected chi connectivity index (χ3v) is 5.82. The molecule has 0 amide bonds. The molecule has 0 fully saturated rings. The van der Waals surface area contributed by atoms with E-state index in [0.29, 0.717) is 0 Å². The molecule has 7 nitrogen and oxygen atoms in total. The molecule has 0 aromatic heterocycles. The van der Waals surface area contributed by atoms with Crippen LogP contribution in [0.1, 0.15) is 18.1 Å². The summed E-state index contributed by atoms with van der Waals surface area (Å²) in [4.78, 5) is 9.94. The molecule has 0 aliphatic carbocycles. The third-order valence-electron chi connectivity index (χ3n) is 2.74. The van der Waals surface area contributed by atoms with Gasteiger partial charge in [-0.15, -0.1) is 0 Å². The van der Waals surface area contributed by atoms with E-state index in [0.717, 1.165) is 24.1 Å². The summed E-state index contributed by atoms with van der Waals surface area (Å²) in [6.45, 7) is 4.74. The Labute approximate surface area is 117 Å². The molecule has 110 valence electrons. The van der Waals surface area contributed by atoms with Gasteiger partial charge >= 0.3 is 10.2 Å². The van der Waals surface area contributed by atoms with Crippen LogP contribution in [0.3, 0.4) is 0 Å². The van der Waals surface area contributed by atoms with E-state index >= 15 is 0 Å². The van der Waals surface area contributed by atoms with Crippen molar-refractivity contribution in [2.24, 2.45) is 4.40 Å². The molecule has 0 bridgehead atoms. The van der Waals surface area contributed by atoms with E-state index in [4.69, 9.17) is 0 Å². The number of hydrogen-bond acceptors (Lipinski definition) is 5. The number of nitrogens with zero attached hydrogens (tertiary/aromatic N) is 1. The predicted molar refractivity (Wildman–Crippen MR) is 72.7 cm³/mol. The highest BCUT2D eigenvalue weighted by Gasteiger charge is 2.27. The highest BCUT2D eigenvalue weighted by Crippen LogP contribution is 2.18. The Hall–Kier alpha value is -1.54. The van der Waals surface area contributed by atoms with Crippen molar-refractivity contribution in [2.45, 2.75) is 31.0 Å². The highest BCUT2D eigenvalue weighted by atomic mass is 32.2. The quantitative estimate of drug-likeness (QED) is 0.631. The second-order valence-electron chi connectivity index (χ2n) is 4.21. The van der Waals surface area contributed by atoms with Crippen LogP contribution in [-0.2, 0) is 24.8 Å². The van der Waals surface area contributed by atoms with Crippen LogP contribution >= 0.6 is 0 Å². The third kappa shape index (κ3) is 3.73. The van der Waals surface area contributed by atoms with Gasteiger partial charge in [-0.05, 0) is 44.0 Å². The minimum Gasteiger partial charge on any atom is -0.222 e. The molecule has 1 aromatic carbocycles. The lowest BCUT2D eigenvalue weighted by Gasteiger charge is -2.13. The Balaban J connectivity index is 3.16. The number of benzene rings is 1. The molecule has 1 unspecified atom stereocenters. The van der Waals surface area contributed by atoms with Gasteiger partial charge in [-0.2, -0.15) is 13.1 Å². The lowest BCUT2D eigenvalue weighted by atomic mass is 10.1. The fourth-order valence-electron chi connectivity index (χ4n) is 1.44. The fraction of sp³-hybridized carbons (Fsp3) is 0.364. The van der Waals surface area contributed by atoms with Crippen molar-refractivity contribution in [3.8, 4) is 0 Å². The van der Waals surface area contributed by atoms with Crippen LogP contribution in [0.5, 0.6) is 0 Å². The zero-order valence-electron chi connectivity index (χ0n) is 11.1. The van der Waals surface area contributed by atoms with Crippen molar-refractivity contribution in [1.82, 2.24) is 4.72 Å². The number of isocyanates is 1. The summed E-state index contributed by atoms with van der Waals surface area (Å²) >= 11 is 0. The van der Waals surface area contributed by atoms with E-state index < -0.39 is 25.4 Å². The maximum atomic E-state index is 12.2. The molecule has 1 atom stereocenters. The first-order valence-corrected chi connectivity index (χ1v) is 8.51. The highest BCUT2D eigenvalue weighted by molar-refractivity contribution is 7.94. The average Bonchev–Trinajstić information content (AvgIpc) is 2.31. The van der Waals surface area contributed by atoms with E-state index in [1.165, 1.54) is 12.1 Å². The summed E-state index contributed by atoms with van der Waals surface area (Å²) in [5.41, 5.74) is 1.69. The first-order chi connectivity index (χ1) is 9.10. The molecule has 0 heterocycles. The number of aryl methyl sites for hydroxylation is 2. The number of rotatable bonds is 5. The van der Waals surface area contributed by atoms with Crippen LogP contribution in [0.25, 0.3) is 0 Å². The van der Waals surface area contributed by atoms with Crippen molar-refractivity contribution < 1.29 is 21.6 Å². The summed E-state index contributed by atoms with van der Waals surface area (Å²) < 4.78 is 51.2. The van der Waals surface area contributed by atoms with Crippen molar-refractivity contribution in [3.05, 3.63) is 29.3 Å². The van der Waals surface area contributed by atoms with E-state index in [1.54, 1.807) is 17.7 Å². The number of carbonyl (C=O) groups excluding carboxylic acids is 1. The molecule has 1 N–H and O–H groups in total. The van der Waals surface area contributed by atoms with Crippen LogP contribution in [0.4, 0.5) is 0 Å². The largest absolute Gasteiger partial charge is 0.331 e. The van der Waals surface area contributed by atoms with Gasteiger partial charge in [-0.25, -0.2) is 13.2 Å². The molecule has 0 saturated heterocycles. The molecule has 0 aliphatic heterocycles. The van der Waals surface area contributed by atoms with E-state index in [1.807, 2.05) is 6.92 Å². The minimum atomic E-state index is -4.37. The molecule has 0 spiro atoms. The van der Waals surface area contributed by atoms with Crippen molar-refractivity contribution in [3.63, 3.8) is 0 Å². The van der Waals surface area contributed by atoms with Gasteiger partial charge in [0.1, 0.15) is 5.37 Å². The van der Waals surface area contributed by atoms with Gasteiger partial charge in [0.2, 0.25) is 0 Å². The molecule has 9 heteroatoms. The maximum Gasteiger partial charge on any atom is 0.331 e. The summed E-state index contributed by atoms with van der Waals surface area (Å²) in [7, 11) is -8.28. The Morgan fingerprint density at radius 2 is 1.75 bits per heavy atom. The van der Waals surface area contributed by atoms with Gasteiger partial charge in [0.05, 0.1) is 4.90 Å². The molecule has 0 radical (unpaired) electrons. The van der Waals surface area contributed by atoms with Gasteiger partial charge in [-0.1, -0.05) is 10.5 Å². The number of nitrogens with one attached hydrogen (secondary N) is 1. The van der Waals surface area contributed by atoms with Crippen LogP contribution in [0, 0.1) is 13.8 Å². The predicted octanol–water partition coefficient (Wildman–Crippen LogP) is 0.593. The molecular formula is C11H14N2O5S2. The second kappa shape index (κ2) is 5.84. The smallest absolute Gasteiger partial charge is 0.222 e. The average molecular weight is 318 g/mol. The van der Waals surface area contributed by atoms with Gasteiger partial charge in [-0.3, -0.25) is 0 Å². The first kappa shape index (κ1) is 16.5. The van der Waals surface area contributed by atoms with E-state index in [9.17, 15) is 21.6 Å². The van der Waals surface area contributed by atoms with Gasteiger partial charge in [0, 0.05) is 0 Å².